The summed E-state index contributed by atoms with van der Waals surface area (Å²) in [7, 11) is 0. The number of amides is 4. The van der Waals surface area contributed by atoms with Gasteiger partial charge in [0, 0.05) is 31.0 Å². The lowest BCUT2D eigenvalue weighted by atomic mass is 10.2. The van der Waals surface area contributed by atoms with E-state index in [4.69, 9.17) is 0 Å². The fourth-order valence-corrected chi connectivity index (χ4v) is 3.72. The summed E-state index contributed by atoms with van der Waals surface area (Å²) in [5.41, 5.74) is 1.72. The topological polar surface area (TPSA) is 96.7 Å². The third kappa shape index (κ3) is 3.41. The molecule has 2 aliphatic heterocycles. The highest BCUT2D eigenvalue weighted by Gasteiger charge is 2.38. The van der Waals surface area contributed by atoms with Gasteiger partial charge in [-0.3, -0.25) is 14.5 Å². The van der Waals surface area contributed by atoms with Crippen molar-refractivity contribution in [2.45, 2.75) is 5.25 Å². The molecule has 1 aromatic heterocycles. The first-order valence-corrected chi connectivity index (χ1v) is 9.22. The number of imide groups is 1. The van der Waals surface area contributed by atoms with Crippen LogP contribution in [0.3, 0.4) is 0 Å². The van der Waals surface area contributed by atoms with Crippen LogP contribution in [0.4, 0.5) is 4.79 Å². The maximum Gasteiger partial charge on any atom is 0.350 e. The first kappa shape index (κ1) is 17.2. The molecule has 0 aliphatic carbocycles. The van der Waals surface area contributed by atoms with E-state index in [2.05, 4.69) is 15.4 Å². The Kier molecular flexibility index (Phi) is 4.59. The molecular weight excluding hydrogens is 366 g/mol. The molecule has 1 atom stereocenters. The summed E-state index contributed by atoms with van der Waals surface area (Å²) < 4.78 is 1.66. The van der Waals surface area contributed by atoms with Gasteiger partial charge in [-0.15, -0.1) is 11.8 Å². The SMILES string of the molecule is O=C(NCCN1C(=O)N=C2C=CSC2C1=O)c1cccc(-n2cccn2)c1. The van der Waals surface area contributed by atoms with Crippen molar-refractivity contribution in [3.05, 3.63) is 59.8 Å². The van der Waals surface area contributed by atoms with Crippen molar-refractivity contribution in [1.82, 2.24) is 20.0 Å². The van der Waals surface area contributed by atoms with Crippen LogP contribution in [0.25, 0.3) is 5.69 Å². The number of fused-ring (bicyclic) bond motifs is 1. The van der Waals surface area contributed by atoms with Crippen molar-refractivity contribution >= 4 is 35.3 Å². The van der Waals surface area contributed by atoms with Gasteiger partial charge < -0.3 is 5.32 Å². The van der Waals surface area contributed by atoms with Crippen molar-refractivity contribution in [2.24, 2.45) is 4.99 Å². The first-order valence-electron chi connectivity index (χ1n) is 8.28. The molecule has 3 heterocycles. The number of thioether (sulfide) groups is 1. The van der Waals surface area contributed by atoms with Gasteiger partial charge >= 0.3 is 6.03 Å². The largest absolute Gasteiger partial charge is 0.350 e. The van der Waals surface area contributed by atoms with Crippen LogP contribution >= 0.6 is 11.8 Å². The molecule has 0 radical (unpaired) electrons. The summed E-state index contributed by atoms with van der Waals surface area (Å²) in [6, 6.07) is 8.23. The second kappa shape index (κ2) is 7.20. The van der Waals surface area contributed by atoms with E-state index in [1.807, 2.05) is 6.07 Å². The van der Waals surface area contributed by atoms with Crippen molar-refractivity contribution in [3.63, 3.8) is 0 Å². The fraction of sp³-hybridized carbons (Fsp3) is 0.167. The molecule has 0 saturated heterocycles. The third-order valence-electron chi connectivity index (χ3n) is 4.17. The predicted molar refractivity (Wildman–Crippen MR) is 101 cm³/mol. The van der Waals surface area contributed by atoms with Crippen molar-refractivity contribution in [3.8, 4) is 5.69 Å². The smallest absolute Gasteiger partial charge is 0.350 e. The number of aliphatic imine (C=N–C) groups is 1. The number of carbonyl (C=O) groups excluding carboxylic acids is 3. The molecule has 4 rings (SSSR count). The minimum Gasteiger partial charge on any atom is -0.350 e. The molecule has 4 amide bonds. The number of rotatable bonds is 5. The van der Waals surface area contributed by atoms with Gasteiger partial charge in [0.05, 0.1) is 11.4 Å². The Bertz CT molecular complexity index is 967. The number of allylic oxidation sites excluding steroid dienone is 1. The summed E-state index contributed by atoms with van der Waals surface area (Å²) >= 11 is 1.33. The van der Waals surface area contributed by atoms with Gasteiger partial charge in [0.1, 0.15) is 5.25 Å². The minimum atomic E-state index is -0.590. The van der Waals surface area contributed by atoms with Crippen LogP contribution in [0.1, 0.15) is 10.4 Å². The normalized spacial score (nSPS) is 18.4. The lowest BCUT2D eigenvalue weighted by Gasteiger charge is -2.25. The summed E-state index contributed by atoms with van der Waals surface area (Å²) in [5.74, 6) is -0.586. The third-order valence-corrected chi connectivity index (χ3v) is 5.17. The zero-order valence-corrected chi connectivity index (χ0v) is 14.9. The molecule has 1 aromatic carbocycles. The average Bonchev–Trinajstić information content (AvgIpc) is 3.36. The van der Waals surface area contributed by atoms with Crippen LogP contribution in [-0.4, -0.2) is 56.6 Å². The molecule has 136 valence electrons. The van der Waals surface area contributed by atoms with Crippen LogP contribution in [-0.2, 0) is 4.79 Å². The number of hydrogen-bond donors (Lipinski definition) is 1. The standard InChI is InChI=1S/C18H15N5O3S/c24-16(12-3-1-4-13(11-12)23-8-2-6-20-23)19-7-9-22-17(25)15-14(5-10-27-15)21-18(22)26/h1-6,8,10-11,15H,7,9H2,(H,19,24). The Morgan fingerprint density at radius 1 is 1.26 bits per heavy atom. The number of hydrogen-bond acceptors (Lipinski definition) is 5. The number of urea groups is 1. The summed E-state index contributed by atoms with van der Waals surface area (Å²) in [6.07, 6.45) is 5.12. The van der Waals surface area contributed by atoms with Crippen LogP contribution in [0.2, 0.25) is 0 Å². The Morgan fingerprint density at radius 3 is 2.96 bits per heavy atom. The highest BCUT2D eigenvalue weighted by atomic mass is 32.2. The molecule has 0 fully saturated rings. The molecule has 1 unspecified atom stereocenters. The molecule has 2 aromatic rings. The van der Waals surface area contributed by atoms with Crippen molar-refractivity contribution < 1.29 is 14.4 Å². The molecule has 0 bridgehead atoms. The zero-order chi connectivity index (χ0) is 18.8. The van der Waals surface area contributed by atoms with E-state index in [0.29, 0.717) is 11.3 Å². The quantitative estimate of drug-likeness (QED) is 0.849. The molecule has 27 heavy (non-hydrogen) atoms. The highest BCUT2D eigenvalue weighted by Crippen LogP contribution is 2.27. The molecule has 1 N–H and O–H groups in total. The number of benzene rings is 1. The van der Waals surface area contributed by atoms with Crippen LogP contribution < -0.4 is 5.32 Å². The second-order valence-corrected chi connectivity index (χ2v) is 6.90. The minimum absolute atomic E-state index is 0.0795. The van der Waals surface area contributed by atoms with E-state index in [9.17, 15) is 14.4 Å². The lowest BCUT2D eigenvalue weighted by Crippen LogP contribution is -2.49. The number of nitrogens with one attached hydrogen (secondary N) is 1. The number of aromatic nitrogens is 2. The molecule has 0 saturated carbocycles. The van der Waals surface area contributed by atoms with Gasteiger partial charge in [0.15, 0.2) is 0 Å². The van der Waals surface area contributed by atoms with Crippen molar-refractivity contribution in [2.75, 3.05) is 13.1 Å². The molecule has 2 aliphatic rings. The van der Waals surface area contributed by atoms with E-state index in [0.717, 1.165) is 10.6 Å². The molecule has 9 heteroatoms. The van der Waals surface area contributed by atoms with Crippen molar-refractivity contribution in [1.29, 1.82) is 0 Å². The predicted octanol–water partition coefficient (Wildman–Crippen LogP) is 1.63. The van der Waals surface area contributed by atoms with E-state index < -0.39 is 11.3 Å². The second-order valence-electron chi connectivity index (χ2n) is 5.88. The van der Waals surface area contributed by atoms with Crippen LogP contribution in [0.15, 0.2) is 59.2 Å². The van der Waals surface area contributed by atoms with Gasteiger partial charge in [-0.2, -0.15) is 10.1 Å². The highest BCUT2D eigenvalue weighted by molar-refractivity contribution is 8.04. The number of nitrogens with zero attached hydrogens (tertiary/aromatic N) is 4. The maximum absolute atomic E-state index is 12.4. The Labute approximate surface area is 158 Å². The first-order chi connectivity index (χ1) is 13.1. The summed E-state index contributed by atoms with van der Waals surface area (Å²) in [4.78, 5) is 41.8. The van der Waals surface area contributed by atoms with E-state index >= 15 is 0 Å². The Balaban J connectivity index is 1.37. The van der Waals surface area contributed by atoms with Gasteiger partial charge in [-0.05, 0) is 35.7 Å². The maximum atomic E-state index is 12.4. The van der Waals surface area contributed by atoms with E-state index in [1.165, 1.54) is 11.8 Å². The van der Waals surface area contributed by atoms with Gasteiger partial charge in [0.25, 0.3) is 5.91 Å². The molecule has 8 nitrogen and oxygen atoms in total. The zero-order valence-electron chi connectivity index (χ0n) is 14.1. The van der Waals surface area contributed by atoms with E-state index in [1.54, 1.807) is 52.8 Å². The van der Waals surface area contributed by atoms with Gasteiger partial charge in [-0.25, -0.2) is 9.48 Å². The van der Waals surface area contributed by atoms with Gasteiger partial charge in [0.2, 0.25) is 5.91 Å². The summed E-state index contributed by atoms with van der Waals surface area (Å²) in [5, 5.41) is 8.17. The van der Waals surface area contributed by atoms with Gasteiger partial charge in [-0.1, -0.05) is 6.07 Å². The summed E-state index contributed by atoms with van der Waals surface area (Å²) in [6.45, 7) is 0.230. The van der Waals surface area contributed by atoms with Crippen LogP contribution in [0.5, 0.6) is 0 Å². The number of carbonyl (C=O) groups is 3. The Hall–Kier alpha value is -3.20. The van der Waals surface area contributed by atoms with E-state index in [-0.39, 0.29) is 24.9 Å². The van der Waals surface area contributed by atoms with Crippen LogP contribution in [0, 0.1) is 0 Å². The monoisotopic (exact) mass is 381 g/mol. The molecule has 0 spiro atoms. The Morgan fingerprint density at radius 2 is 2.15 bits per heavy atom. The lowest BCUT2D eigenvalue weighted by molar-refractivity contribution is -0.126. The molecular formula is C18H15N5O3S. The fourth-order valence-electron chi connectivity index (χ4n) is 2.83. The average molecular weight is 381 g/mol.